The van der Waals surface area contributed by atoms with E-state index in [9.17, 15) is 0 Å². The monoisotopic (exact) mass is 167 g/mol. The number of hydrogen-bond donors (Lipinski definition) is 1. The first-order valence-corrected chi connectivity index (χ1v) is 3.80. The fourth-order valence-corrected chi connectivity index (χ4v) is 0.847. The van der Waals surface area contributed by atoms with Gasteiger partial charge in [0.25, 0.3) is 0 Å². The Morgan fingerprint density at radius 3 is 2.83 bits per heavy atom. The van der Waals surface area contributed by atoms with Crippen LogP contribution in [0, 0.1) is 0 Å². The van der Waals surface area contributed by atoms with Crippen LogP contribution in [0.5, 0.6) is 5.75 Å². The molecule has 0 saturated carbocycles. The molecule has 0 aromatic heterocycles. The maximum absolute atomic E-state index is 5.55. The van der Waals surface area contributed by atoms with Crippen molar-refractivity contribution in [1.29, 1.82) is 0 Å². The van der Waals surface area contributed by atoms with Gasteiger partial charge >= 0.3 is 0 Å². The van der Waals surface area contributed by atoms with E-state index in [0.29, 0.717) is 18.9 Å². The molecule has 0 aliphatic heterocycles. The summed E-state index contributed by atoms with van der Waals surface area (Å²) in [5.41, 5.74) is 6.26. The van der Waals surface area contributed by atoms with E-state index >= 15 is 0 Å². The molecule has 0 aliphatic carbocycles. The second kappa shape index (κ2) is 4.62. The van der Waals surface area contributed by atoms with Gasteiger partial charge in [0, 0.05) is 18.9 Å². The zero-order valence-electron chi connectivity index (χ0n) is 7.12. The number of benzene rings is 1. The third-order valence-corrected chi connectivity index (χ3v) is 1.41. The fraction of sp³-hybridized carbons (Fsp3) is 0.333. The molecular formula is C9H13NO2. The highest BCUT2D eigenvalue weighted by Crippen LogP contribution is 2.13. The van der Waals surface area contributed by atoms with Crippen LogP contribution in [-0.2, 0) is 4.74 Å². The van der Waals surface area contributed by atoms with Crippen molar-refractivity contribution in [3.05, 3.63) is 24.3 Å². The topological polar surface area (TPSA) is 44.5 Å². The first-order valence-electron chi connectivity index (χ1n) is 3.80. The van der Waals surface area contributed by atoms with Crippen LogP contribution in [0.2, 0.25) is 0 Å². The molecule has 0 unspecified atom stereocenters. The van der Waals surface area contributed by atoms with Gasteiger partial charge in [-0.25, -0.2) is 0 Å². The molecule has 3 nitrogen and oxygen atoms in total. The van der Waals surface area contributed by atoms with Crippen molar-refractivity contribution in [1.82, 2.24) is 0 Å². The third-order valence-electron chi connectivity index (χ3n) is 1.41. The van der Waals surface area contributed by atoms with Gasteiger partial charge in [-0.2, -0.15) is 0 Å². The Bertz CT molecular complexity index is 238. The van der Waals surface area contributed by atoms with Crippen molar-refractivity contribution >= 4 is 5.69 Å². The third kappa shape index (κ3) is 2.80. The van der Waals surface area contributed by atoms with Crippen molar-refractivity contribution in [3.8, 4) is 5.75 Å². The summed E-state index contributed by atoms with van der Waals surface area (Å²) in [4.78, 5) is 0. The highest BCUT2D eigenvalue weighted by Gasteiger charge is 1.92. The lowest BCUT2D eigenvalue weighted by molar-refractivity contribution is 0.146. The molecular weight excluding hydrogens is 154 g/mol. The van der Waals surface area contributed by atoms with Crippen molar-refractivity contribution in [2.45, 2.75) is 0 Å². The Morgan fingerprint density at radius 1 is 1.33 bits per heavy atom. The Hall–Kier alpha value is -1.22. The predicted molar refractivity (Wildman–Crippen MR) is 48.2 cm³/mol. The normalized spacial score (nSPS) is 9.75. The maximum atomic E-state index is 5.55. The maximum Gasteiger partial charge on any atom is 0.121 e. The quantitative estimate of drug-likeness (QED) is 0.543. The van der Waals surface area contributed by atoms with Crippen LogP contribution in [0.3, 0.4) is 0 Å². The van der Waals surface area contributed by atoms with Crippen molar-refractivity contribution < 1.29 is 9.47 Å². The second-order valence-corrected chi connectivity index (χ2v) is 2.41. The molecule has 0 fully saturated rings. The van der Waals surface area contributed by atoms with Crippen LogP contribution in [0.15, 0.2) is 24.3 Å². The van der Waals surface area contributed by atoms with Gasteiger partial charge in [0.05, 0.1) is 6.61 Å². The zero-order chi connectivity index (χ0) is 8.81. The van der Waals surface area contributed by atoms with Gasteiger partial charge in [-0.3, -0.25) is 0 Å². The van der Waals surface area contributed by atoms with E-state index in [1.165, 1.54) is 0 Å². The summed E-state index contributed by atoms with van der Waals surface area (Å²) in [7, 11) is 1.64. The molecule has 0 radical (unpaired) electrons. The summed E-state index contributed by atoms with van der Waals surface area (Å²) in [6.45, 7) is 1.15. The van der Waals surface area contributed by atoms with E-state index in [0.717, 1.165) is 5.75 Å². The minimum absolute atomic E-state index is 0.556. The molecule has 1 rings (SSSR count). The van der Waals surface area contributed by atoms with Gasteiger partial charge in [-0.15, -0.1) is 0 Å². The van der Waals surface area contributed by atoms with Crippen LogP contribution in [0.4, 0.5) is 5.69 Å². The largest absolute Gasteiger partial charge is 0.491 e. The van der Waals surface area contributed by atoms with Crippen LogP contribution < -0.4 is 10.5 Å². The Kier molecular flexibility index (Phi) is 3.41. The highest BCUT2D eigenvalue weighted by molar-refractivity contribution is 5.43. The lowest BCUT2D eigenvalue weighted by Gasteiger charge is -2.05. The molecule has 0 spiro atoms. The van der Waals surface area contributed by atoms with E-state index < -0.39 is 0 Å². The Labute approximate surface area is 72.1 Å². The summed E-state index contributed by atoms with van der Waals surface area (Å²) in [5.74, 6) is 0.784. The number of nitrogen functional groups attached to an aromatic ring is 1. The Balaban J connectivity index is 2.41. The molecule has 0 amide bonds. The smallest absolute Gasteiger partial charge is 0.121 e. The van der Waals surface area contributed by atoms with Crippen molar-refractivity contribution in [2.24, 2.45) is 0 Å². The van der Waals surface area contributed by atoms with Gasteiger partial charge < -0.3 is 15.2 Å². The summed E-state index contributed by atoms with van der Waals surface area (Å²) in [6.07, 6.45) is 0. The van der Waals surface area contributed by atoms with Gasteiger partial charge in [0.2, 0.25) is 0 Å². The first-order chi connectivity index (χ1) is 5.83. The van der Waals surface area contributed by atoms with Gasteiger partial charge in [0.1, 0.15) is 12.4 Å². The first kappa shape index (κ1) is 8.87. The van der Waals surface area contributed by atoms with E-state index in [-0.39, 0.29) is 0 Å². The molecule has 0 heterocycles. The van der Waals surface area contributed by atoms with Gasteiger partial charge in [-0.1, -0.05) is 6.07 Å². The Morgan fingerprint density at radius 2 is 2.17 bits per heavy atom. The number of rotatable bonds is 4. The molecule has 0 atom stereocenters. The molecule has 0 saturated heterocycles. The van der Waals surface area contributed by atoms with Crippen LogP contribution in [0.25, 0.3) is 0 Å². The molecule has 0 bridgehead atoms. The molecule has 12 heavy (non-hydrogen) atoms. The van der Waals surface area contributed by atoms with Crippen molar-refractivity contribution in [2.75, 3.05) is 26.1 Å². The SMILES string of the molecule is COCCOc1cccc(N)c1. The van der Waals surface area contributed by atoms with Gasteiger partial charge in [-0.05, 0) is 12.1 Å². The number of nitrogens with two attached hydrogens (primary N) is 1. The zero-order valence-corrected chi connectivity index (χ0v) is 7.12. The van der Waals surface area contributed by atoms with Crippen LogP contribution in [0.1, 0.15) is 0 Å². The molecule has 1 aromatic carbocycles. The van der Waals surface area contributed by atoms with E-state index in [4.69, 9.17) is 15.2 Å². The number of ether oxygens (including phenoxy) is 2. The summed E-state index contributed by atoms with van der Waals surface area (Å²) in [6, 6.07) is 7.34. The number of methoxy groups -OCH3 is 1. The summed E-state index contributed by atoms with van der Waals surface area (Å²) in [5, 5.41) is 0. The standard InChI is InChI=1S/C9H13NO2/c1-11-5-6-12-9-4-2-3-8(10)7-9/h2-4,7H,5-6,10H2,1H3. The number of anilines is 1. The second-order valence-electron chi connectivity index (χ2n) is 2.41. The van der Waals surface area contributed by atoms with E-state index in [1.807, 2.05) is 18.2 Å². The highest BCUT2D eigenvalue weighted by atomic mass is 16.5. The predicted octanol–water partition coefficient (Wildman–Crippen LogP) is 1.29. The summed E-state index contributed by atoms with van der Waals surface area (Å²) >= 11 is 0. The fourth-order valence-electron chi connectivity index (χ4n) is 0.847. The average Bonchev–Trinajstić information content (AvgIpc) is 2.05. The van der Waals surface area contributed by atoms with Crippen LogP contribution in [-0.4, -0.2) is 20.3 Å². The average molecular weight is 167 g/mol. The lowest BCUT2D eigenvalue weighted by atomic mass is 10.3. The molecule has 2 N–H and O–H groups in total. The van der Waals surface area contributed by atoms with Gasteiger partial charge in [0.15, 0.2) is 0 Å². The lowest BCUT2D eigenvalue weighted by Crippen LogP contribution is -2.04. The minimum Gasteiger partial charge on any atom is -0.491 e. The van der Waals surface area contributed by atoms with Crippen LogP contribution >= 0.6 is 0 Å². The number of hydrogen-bond acceptors (Lipinski definition) is 3. The molecule has 66 valence electrons. The molecule has 0 aliphatic rings. The molecule has 1 aromatic rings. The van der Waals surface area contributed by atoms with Crippen molar-refractivity contribution in [3.63, 3.8) is 0 Å². The van der Waals surface area contributed by atoms with E-state index in [1.54, 1.807) is 13.2 Å². The van der Waals surface area contributed by atoms with E-state index in [2.05, 4.69) is 0 Å². The minimum atomic E-state index is 0.556. The summed E-state index contributed by atoms with van der Waals surface area (Å²) < 4.78 is 10.2. The molecule has 3 heteroatoms.